The summed E-state index contributed by atoms with van der Waals surface area (Å²) in [7, 11) is 4.31. The zero-order chi connectivity index (χ0) is 11.5. The Morgan fingerprint density at radius 2 is 2.06 bits per heavy atom. The Hall–Kier alpha value is -0.120. The van der Waals surface area contributed by atoms with Crippen molar-refractivity contribution < 1.29 is 0 Å². The van der Waals surface area contributed by atoms with Gasteiger partial charge in [-0.25, -0.2) is 0 Å². The molecule has 0 saturated carbocycles. The Labute approximate surface area is 100 Å². The van der Waals surface area contributed by atoms with Gasteiger partial charge in [0.2, 0.25) is 0 Å². The van der Waals surface area contributed by atoms with Crippen LogP contribution in [0.15, 0.2) is 0 Å². The molecular formula is C13H27N3. The van der Waals surface area contributed by atoms with Crippen molar-refractivity contribution in [1.82, 2.24) is 15.1 Å². The van der Waals surface area contributed by atoms with Gasteiger partial charge in [0.1, 0.15) is 0 Å². The highest BCUT2D eigenvalue weighted by atomic mass is 15.2. The van der Waals surface area contributed by atoms with Gasteiger partial charge in [0.15, 0.2) is 0 Å². The summed E-state index contributed by atoms with van der Waals surface area (Å²) < 4.78 is 0. The van der Waals surface area contributed by atoms with E-state index in [0.717, 1.165) is 12.0 Å². The van der Waals surface area contributed by atoms with Crippen LogP contribution in [0.4, 0.5) is 0 Å². The van der Waals surface area contributed by atoms with Crippen molar-refractivity contribution in [3.05, 3.63) is 0 Å². The molecular weight excluding hydrogens is 198 g/mol. The molecule has 0 amide bonds. The number of hydrogen-bond donors (Lipinski definition) is 1. The molecule has 3 heteroatoms. The molecule has 2 saturated heterocycles. The molecule has 3 nitrogen and oxygen atoms in total. The fraction of sp³-hybridized carbons (Fsp3) is 1.00. The van der Waals surface area contributed by atoms with Gasteiger partial charge in [-0.05, 0) is 65.8 Å². The monoisotopic (exact) mass is 225 g/mol. The third kappa shape index (κ3) is 3.19. The minimum Gasteiger partial charge on any atom is -0.311 e. The smallest absolute Gasteiger partial charge is 0.0123 e. The fourth-order valence-corrected chi connectivity index (χ4v) is 3.07. The lowest BCUT2D eigenvalue weighted by Crippen LogP contribution is -2.47. The van der Waals surface area contributed by atoms with E-state index in [4.69, 9.17) is 0 Å². The number of rotatable bonds is 5. The summed E-state index contributed by atoms with van der Waals surface area (Å²) >= 11 is 0. The quantitative estimate of drug-likeness (QED) is 0.753. The van der Waals surface area contributed by atoms with Crippen LogP contribution in [0.1, 0.15) is 26.2 Å². The molecule has 4 unspecified atom stereocenters. The number of hydrogen-bond acceptors (Lipinski definition) is 3. The minimum atomic E-state index is 0.666. The van der Waals surface area contributed by atoms with E-state index >= 15 is 0 Å². The van der Waals surface area contributed by atoms with Gasteiger partial charge in [0.25, 0.3) is 0 Å². The predicted octanol–water partition coefficient (Wildman–Crippen LogP) is 1.01. The van der Waals surface area contributed by atoms with E-state index in [2.05, 4.69) is 36.1 Å². The molecule has 16 heavy (non-hydrogen) atoms. The van der Waals surface area contributed by atoms with Crippen LogP contribution in [-0.2, 0) is 0 Å². The highest BCUT2D eigenvalue weighted by Gasteiger charge is 2.34. The van der Waals surface area contributed by atoms with E-state index in [1.165, 1.54) is 45.4 Å². The van der Waals surface area contributed by atoms with Gasteiger partial charge in [-0.1, -0.05) is 0 Å². The Morgan fingerprint density at radius 3 is 2.81 bits per heavy atom. The molecule has 0 radical (unpaired) electrons. The number of nitrogens with zero attached hydrogens (tertiary/aromatic N) is 2. The maximum atomic E-state index is 3.85. The number of piperidine rings is 1. The minimum absolute atomic E-state index is 0.666. The fourth-order valence-electron chi connectivity index (χ4n) is 3.07. The predicted molar refractivity (Wildman–Crippen MR) is 68.7 cm³/mol. The molecule has 0 aromatic rings. The zero-order valence-electron chi connectivity index (χ0n) is 11.1. The third-order valence-corrected chi connectivity index (χ3v) is 4.14. The van der Waals surface area contributed by atoms with Crippen molar-refractivity contribution in [3.63, 3.8) is 0 Å². The average molecular weight is 225 g/mol. The molecule has 2 fully saturated rings. The summed E-state index contributed by atoms with van der Waals surface area (Å²) in [5, 5.41) is 3.85. The van der Waals surface area contributed by atoms with Crippen LogP contribution in [-0.4, -0.2) is 62.2 Å². The lowest BCUT2D eigenvalue weighted by molar-refractivity contribution is 0.207. The van der Waals surface area contributed by atoms with Crippen LogP contribution in [0.3, 0.4) is 0 Å². The zero-order valence-corrected chi connectivity index (χ0v) is 11.1. The lowest BCUT2D eigenvalue weighted by atomic mass is 9.93. The summed E-state index contributed by atoms with van der Waals surface area (Å²) in [4.78, 5) is 4.89. The van der Waals surface area contributed by atoms with Gasteiger partial charge in [0.05, 0.1) is 0 Å². The summed E-state index contributed by atoms with van der Waals surface area (Å²) in [6.45, 7) is 7.53. The summed E-state index contributed by atoms with van der Waals surface area (Å²) in [5.41, 5.74) is 0. The molecule has 2 aliphatic heterocycles. The molecule has 1 N–H and O–H groups in total. The second-order valence-electron chi connectivity index (χ2n) is 5.90. The van der Waals surface area contributed by atoms with Crippen molar-refractivity contribution in [2.24, 2.45) is 5.92 Å². The largest absolute Gasteiger partial charge is 0.311 e. The first-order chi connectivity index (χ1) is 7.65. The van der Waals surface area contributed by atoms with Crippen LogP contribution in [0, 0.1) is 5.92 Å². The van der Waals surface area contributed by atoms with Crippen molar-refractivity contribution in [1.29, 1.82) is 0 Å². The van der Waals surface area contributed by atoms with Crippen LogP contribution in [0.5, 0.6) is 0 Å². The van der Waals surface area contributed by atoms with Crippen LogP contribution >= 0.6 is 0 Å². The molecule has 4 atom stereocenters. The SMILES string of the molecule is CC(CCN(C)C)NC1CCN2CCC1C2. The second kappa shape index (κ2) is 5.48. The van der Waals surface area contributed by atoms with Crippen molar-refractivity contribution >= 4 is 0 Å². The molecule has 2 heterocycles. The highest BCUT2D eigenvalue weighted by molar-refractivity contribution is 4.91. The van der Waals surface area contributed by atoms with Gasteiger partial charge in [-0.2, -0.15) is 0 Å². The molecule has 2 bridgehead atoms. The van der Waals surface area contributed by atoms with Gasteiger partial charge in [0, 0.05) is 18.6 Å². The molecule has 2 aliphatic rings. The summed E-state index contributed by atoms with van der Waals surface area (Å²) in [6.07, 6.45) is 4.04. The van der Waals surface area contributed by atoms with Gasteiger partial charge in [-0.3, -0.25) is 0 Å². The Morgan fingerprint density at radius 1 is 1.31 bits per heavy atom. The second-order valence-corrected chi connectivity index (χ2v) is 5.90. The van der Waals surface area contributed by atoms with Crippen molar-refractivity contribution in [3.8, 4) is 0 Å². The van der Waals surface area contributed by atoms with E-state index in [0.29, 0.717) is 6.04 Å². The topological polar surface area (TPSA) is 18.5 Å². The van der Waals surface area contributed by atoms with Crippen LogP contribution in [0.2, 0.25) is 0 Å². The Kier molecular flexibility index (Phi) is 4.22. The molecule has 0 spiro atoms. The van der Waals surface area contributed by atoms with Gasteiger partial charge in [-0.15, -0.1) is 0 Å². The molecule has 2 rings (SSSR count). The normalized spacial score (nSPS) is 35.6. The van der Waals surface area contributed by atoms with Crippen LogP contribution in [0.25, 0.3) is 0 Å². The van der Waals surface area contributed by atoms with Crippen molar-refractivity contribution in [2.75, 3.05) is 40.3 Å². The first kappa shape index (κ1) is 12.3. The maximum absolute atomic E-state index is 3.85. The average Bonchev–Trinajstić information content (AvgIpc) is 2.63. The molecule has 0 aromatic carbocycles. The molecule has 0 aromatic heterocycles. The Bertz CT molecular complexity index is 217. The Balaban J connectivity index is 1.72. The van der Waals surface area contributed by atoms with Crippen LogP contribution < -0.4 is 5.32 Å². The highest BCUT2D eigenvalue weighted by Crippen LogP contribution is 2.27. The van der Waals surface area contributed by atoms with E-state index in [9.17, 15) is 0 Å². The first-order valence-corrected chi connectivity index (χ1v) is 6.78. The lowest BCUT2D eigenvalue weighted by Gasteiger charge is -2.33. The maximum Gasteiger partial charge on any atom is 0.0123 e. The number of fused-ring (bicyclic) bond motifs is 2. The number of nitrogens with one attached hydrogen (secondary N) is 1. The van der Waals surface area contributed by atoms with E-state index in [1.54, 1.807) is 0 Å². The van der Waals surface area contributed by atoms with E-state index < -0.39 is 0 Å². The van der Waals surface area contributed by atoms with Gasteiger partial charge >= 0.3 is 0 Å². The van der Waals surface area contributed by atoms with Crippen molar-refractivity contribution in [2.45, 2.75) is 38.3 Å². The van der Waals surface area contributed by atoms with E-state index in [1.807, 2.05) is 0 Å². The third-order valence-electron chi connectivity index (χ3n) is 4.14. The van der Waals surface area contributed by atoms with E-state index in [-0.39, 0.29) is 0 Å². The van der Waals surface area contributed by atoms with Gasteiger partial charge < -0.3 is 15.1 Å². The summed E-state index contributed by atoms with van der Waals surface area (Å²) in [6, 6.07) is 1.45. The summed E-state index contributed by atoms with van der Waals surface area (Å²) in [5.74, 6) is 0.926. The molecule has 0 aliphatic carbocycles. The standard InChI is InChI=1S/C13H27N3/c1-11(4-7-15(2)3)14-13-6-9-16-8-5-12(13)10-16/h11-14H,4-10H2,1-3H3. The first-order valence-electron chi connectivity index (χ1n) is 6.78. The molecule has 94 valence electrons.